The molecule has 1 saturated heterocycles. The third-order valence-corrected chi connectivity index (χ3v) is 4.94. The summed E-state index contributed by atoms with van der Waals surface area (Å²) in [6, 6.07) is 7.26. The van der Waals surface area contributed by atoms with Crippen molar-refractivity contribution in [3.8, 4) is 11.5 Å². The molecule has 0 radical (unpaired) electrons. The summed E-state index contributed by atoms with van der Waals surface area (Å²) >= 11 is 0. The third kappa shape index (κ3) is 6.13. The van der Waals surface area contributed by atoms with Gasteiger partial charge in [0.1, 0.15) is 0 Å². The molecule has 1 fully saturated rings. The van der Waals surface area contributed by atoms with E-state index in [1.54, 1.807) is 24.1 Å². The minimum Gasteiger partial charge on any atom is -0.493 e. The smallest absolute Gasteiger partial charge is 0.260 e. The second-order valence-corrected chi connectivity index (χ2v) is 6.48. The summed E-state index contributed by atoms with van der Waals surface area (Å²) in [5, 5.41) is 0. The van der Waals surface area contributed by atoms with E-state index >= 15 is 0 Å². The Labute approximate surface area is 161 Å². The molecule has 0 bridgehead atoms. The molecule has 1 aromatic carbocycles. The Morgan fingerprint density at radius 1 is 0.963 bits per heavy atom. The van der Waals surface area contributed by atoms with Gasteiger partial charge in [0.25, 0.3) is 5.91 Å². The highest BCUT2D eigenvalue weighted by Gasteiger charge is 2.24. The second-order valence-electron chi connectivity index (χ2n) is 6.48. The predicted molar refractivity (Wildman–Crippen MR) is 104 cm³/mol. The van der Waals surface area contributed by atoms with Gasteiger partial charge >= 0.3 is 0 Å². The van der Waals surface area contributed by atoms with E-state index in [1.807, 2.05) is 17.0 Å². The van der Waals surface area contributed by atoms with Gasteiger partial charge in [0, 0.05) is 39.1 Å². The van der Waals surface area contributed by atoms with E-state index in [9.17, 15) is 9.59 Å². The number of carbonyl (C=O) groups excluding carboxylic acids is 2. The zero-order chi connectivity index (χ0) is 19.6. The molecule has 0 N–H and O–H groups in total. The Bertz CT molecular complexity index is 611. The van der Waals surface area contributed by atoms with Gasteiger partial charge in [0.2, 0.25) is 5.91 Å². The molecule has 0 unspecified atom stereocenters. The zero-order valence-corrected chi connectivity index (χ0v) is 16.6. The molecule has 1 aliphatic heterocycles. The molecule has 27 heavy (non-hydrogen) atoms. The summed E-state index contributed by atoms with van der Waals surface area (Å²) in [6.45, 7) is 9.13. The summed E-state index contributed by atoms with van der Waals surface area (Å²) in [5.41, 5.74) is 0. The van der Waals surface area contributed by atoms with Crippen molar-refractivity contribution in [3.63, 3.8) is 0 Å². The van der Waals surface area contributed by atoms with Crippen molar-refractivity contribution in [2.45, 2.75) is 20.3 Å². The third-order valence-electron chi connectivity index (χ3n) is 4.94. The van der Waals surface area contributed by atoms with Crippen LogP contribution in [0, 0.1) is 0 Å². The van der Waals surface area contributed by atoms with Crippen LogP contribution in [0.3, 0.4) is 0 Å². The van der Waals surface area contributed by atoms with Gasteiger partial charge in [0.15, 0.2) is 18.1 Å². The Hall–Kier alpha value is -2.28. The highest BCUT2D eigenvalue weighted by atomic mass is 16.5. The minimum absolute atomic E-state index is 0.0315. The average Bonchev–Trinajstić information content (AvgIpc) is 2.72. The maximum atomic E-state index is 12.4. The number of ether oxygens (including phenoxy) is 2. The number of carbonyl (C=O) groups is 2. The summed E-state index contributed by atoms with van der Waals surface area (Å²) < 4.78 is 10.8. The lowest BCUT2D eigenvalue weighted by atomic mass is 10.2. The number of hydrogen-bond donors (Lipinski definition) is 0. The predicted octanol–water partition coefficient (Wildman–Crippen LogP) is 1.48. The van der Waals surface area contributed by atoms with Crippen LogP contribution in [0.5, 0.6) is 11.5 Å². The first-order valence-corrected chi connectivity index (χ1v) is 9.62. The Balaban J connectivity index is 1.74. The lowest BCUT2D eigenvalue weighted by molar-refractivity contribution is -0.140. The van der Waals surface area contributed by atoms with Crippen molar-refractivity contribution in [1.29, 1.82) is 0 Å². The molecule has 0 saturated carbocycles. The molecule has 0 aromatic heterocycles. The van der Waals surface area contributed by atoms with Gasteiger partial charge in [-0.1, -0.05) is 26.0 Å². The fourth-order valence-electron chi connectivity index (χ4n) is 3.13. The van der Waals surface area contributed by atoms with Crippen LogP contribution in [-0.2, 0) is 9.59 Å². The van der Waals surface area contributed by atoms with E-state index in [-0.39, 0.29) is 18.4 Å². The van der Waals surface area contributed by atoms with Crippen LogP contribution in [0.25, 0.3) is 0 Å². The monoisotopic (exact) mass is 377 g/mol. The lowest BCUT2D eigenvalue weighted by Crippen LogP contribution is -2.52. The molecule has 1 heterocycles. The number of benzene rings is 1. The summed E-state index contributed by atoms with van der Waals surface area (Å²) in [6.07, 6.45) is 0.534. The van der Waals surface area contributed by atoms with Crippen molar-refractivity contribution in [1.82, 2.24) is 14.7 Å². The van der Waals surface area contributed by atoms with Crippen LogP contribution in [-0.4, -0.2) is 86.0 Å². The Morgan fingerprint density at radius 3 is 2.07 bits per heavy atom. The summed E-state index contributed by atoms with van der Waals surface area (Å²) in [5.74, 6) is 1.25. The molecule has 0 atom stereocenters. The molecule has 1 aromatic rings. The van der Waals surface area contributed by atoms with Gasteiger partial charge in [0.05, 0.1) is 7.11 Å². The maximum Gasteiger partial charge on any atom is 0.260 e. The van der Waals surface area contributed by atoms with E-state index in [4.69, 9.17) is 9.47 Å². The maximum absolute atomic E-state index is 12.4. The molecular formula is C20H31N3O4. The van der Waals surface area contributed by atoms with Gasteiger partial charge in [-0.3, -0.25) is 9.59 Å². The molecule has 0 spiro atoms. The topological polar surface area (TPSA) is 62.3 Å². The van der Waals surface area contributed by atoms with Crippen LogP contribution >= 0.6 is 0 Å². The number of amides is 2. The van der Waals surface area contributed by atoms with E-state index < -0.39 is 0 Å². The Morgan fingerprint density at radius 2 is 1.52 bits per heavy atom. The quantitative estimate of drug-likeness (QED) is 0.652. The van der Waals surface area contributed by atoms with Crippen molar-refractivity contribution in [3.05, 3.63) is 24.3 Å². The first-order valence-electron chi connectivity index (χ1n) is 9.62. The fourth-order valence-corrected chi connectivity index (χ4v) is 3.13. The van der Waals surface area contributed by atoms with Gasteiger partial charge in [-0.05, 0) is 25.2 Å². The van der Waals surface area contributed by atoms with E-state index in [0.717, 1.165) is 19.6 Å². The SMILES string of the molecule is CCN(CC)CCC(=O)N1CCN(C(=O)COc2ccccc2OC)CC1. The standard InChI is InChI=1S/C20H31N3O4/c1-4-21(5-2)11-10-19(24)22-12-14-23(15-13-22)20(25)16-27-18-9-7-6-8-17(18)26-3/h6-9H,4-5,10-16H2,1-3H3. The highest BCUT2D eigenvalue weighted by molar-refractivity contribution is 5.79. The number of nitrogens with zero attached hydrogens (tertiary/aromatic N) is 3. The van der Waals surface area contributed by atoms with Crippen LogP contribution in [0.1, 0.15) is 20.3 Å². The van der Waals surface area contributed by atoms with Crippen molar-refractivity contribution in [2.75, 3.05) is 59.5 Å². The molecule has 0 aliphatic carbocycles. The van der Waals surface area contributed by atoms with E-state index in [1.165, 1.54) is 0 Å². The van der Waals surface area contributed by atoms with Crippen LogP contribution < -0.4 is 9.47 Å². The molecular weight excluding hydrogens is 346 g/mol. The van der Waals surface area contributed by atoms with Crippen LogP contribution in [0.4, 0.5) is 0 Å². The second kappa shape index (κ2) is 10.8. The number of hydrogen-bond acceptors (Lipinski definition) is 5. The van der Waals surface area contributed by atoms with Crippen LogP contribution in [0.15, 0.2) is 24.3 Å². The lowest BCUT2D eigenvalue weighted by Gasteiger charge is -2.35. The number of piperazine rings is 1. The van der Waals surface area contributed by atoms with Crippen LogP contribution in [0.2, 0.25) is 0 Å². The number of methoxy groups -OCH3 is 1. The molecule has 7 nitrogen and oxygen atoms in total. The number of rotatable bonds is 9. The van der Waals surface area contributed by atoms with Gasteiger partial charge in [-0.15, -0.1) is 0 Å². The van der Waals surface area contributed by atoms with Crippen molar-refractivity contribution in [2.24, 2.45) is 0 Å². The van der Waals surface area contributed by atoms with Gasteiger partial charge in [-0.25, -0.2) is 0 Å². The summed E-state index contributed by atoms with van der Waals surface area (Å²) in [4.78, 5) is 30.6. The molecule has 1 aliphatic rings. The number of para-hydroxylation sites is 2. The van der Waals surface area contributed by atoms with Crippen molar-refractivity contribution < 1.29 is 19.1 Å². The van der Waals surface area contributed by atoms with Crippen molar-refractivity contribution >= 4 is 11.8 Å². The first-order chi connectivity index (χ1) is 13.1. The molecule has 7 heteroatoms. The van der Waals surface area contributed by atoms with E-state index in [0.29, 0.717) is 44.1 Å². The minimum atomic E-state index is -0.0730. The first kappa shape index (κ1) is 21.0. The molecule has 2 rings (SSSR count). The average molecular weight is 377 g/mol. The fraction of sp³-hybridized carbons (Fsp3) is 0.600. The summed E-state index contributed by atoms with van der Waals surface area (Å²) in [7, 11) is 1.57. The normalized spacial score (nSPS) is 14.4. The van der Waals surface area contributed by atoms with Gasteiger partial charge < -0.3 is 24.2 Å². The molecule has 2 amide bonds. The zero-order valence-electron chi connectivity index (χ0n) is 16.6. The van der Waals surface area contributed by atoms with E-state index in [2.05, 4.69) is 18.7 Å². The Kier molecular flexibility index (Phi) is 8.39. The largest absolute Gasteiger partial charge is 0.493 e. The molecule has 150 valence electrons. The van der Waals surface area contributed by atoms with Gasteiger partial charge in [-0.2, -0.15) is 0 Å². The highest BCUT2D eigenvalue weighted by Crippen LogP contribution is 2.25.